The van der Waals surface area contributed by atoms with Gasteiger partial charge in [0.2, 0.25) is 17.7 Å². The number of nitrogens with zero attached hydrogens (tertiary/aromatic N) is 4. The van der Waals surface area contributed by atoms with Gasteiger partial charge in [0.1, 0.15) is 11.2 Å². The summed E-state index contributed by atoms with van der Waals surface area (Å²) in [7, 11) is 3.12. The number of methoxy groups -OCH3 is 2. The Balaban J connectivity index is 1.94. The maximum atomic E-state index is 5.89. The molecule has 4 rings (SSSR count). The first kappa shape index (κ1) is 16.7. The lowest BCUT2D eigenvalue weighted by atomic mass is 10.1. The maximum Gasteiger partial charge on any atom is 0.225 e. The summed E-state index contributed by atoms with van der Waals surface area (Å²) in [4.78, 5) is 17.8. The van der Waals surface area contributed by atoms with E-state index in [4.69, 9.17) is 20.2 Å². The molecule has 3 aromatic heterocycles. The SMILES string of the molecule is COc1ccc(-c2ccc3nc(N)nc(-c4ccccc4)c3n2)c(OC)n1. The summed E-state index contributed by atoms with van der Waals surface area (Å²) in [5.41, 5.74) is 10.3. The van der Waals surface area contributed by atoms with Crippen molar-refractivity contribution < 1.29 is 9.47 Å². The van der Waals surface area contributed by atoms with Gasteiger partial charge in [-0.2, -0.15) is 4.98 Å². The largest absolute Gasteiger partial charge is 0.481 e. The average Bonchev–Trinajstić information content (AvgIpc) is 2.73. The highest BCUT2D eigenvalue weighted by Crippen LogP contribution is 2.32. The van der Waals surface area contributed by atoms with Crippen LogP contribution in [0.3, 0.4) is 0 Å². The summed E-state index contributed by atoms with van der Waals surface area (Å²) in [6, 6.07) is 17.1. The lowest BCUT2D eigenvalue weighted by Crippen LogP contribution is -2.01. The number of pyridine rings is 2. The summed E-state index contributed by atoms with van der Waals surface area (Å²) >= 11 is 0. The van der Waals surface area contributed by atoms with Crippen LogP contribution in [0.15, 0.2) is 54.6 Å². The molecule has 0 saturated heterocycles. The second-order valence-electron chi connectivity index (χ2n) is 5.77. The summed E-state index contributed by atoms with van der Waals surface area (Å²) in [6.45, 7) is 0. The van der Waals surface area contributed by atoms with Crippen molar-refractivity contribution in [3.05, 3.63) is 54.6 Å². The first-order chi connectivity index (χ1) is 13.2. The number of ether oxygens (including phenoxy) is 2. The van der Waals surface area contributed by atoms with E-state index in [1.807, 2.05) is 48.5 Å². The van der Waals surface area contributed by atoms with E-state index in [-0.39, 0.29) is 5.95 Å². The third-order valence-electron chi connectivity index (χ3n) is 4.12. The van der Waals surface area contributed by atoms with E-state index in [0.717, 1.165) is 11.1 Å². The number of hydrogen-bond acceptors (Lipinski definition) is 7. The summed E-state index contributed by atoms with van der Waals surface area (Å²) < 4.78 is 10.6. The second-order valence-corrected chi connectivity index (χ2v) is 5.77. The molecule has 0 atom stereocenters. The third-order valence-corrected chi connectivity index (χ3v) is 4.12. The molecule has 0 aliphatic heterocycles. The van der Waals surface area contributed by atoms with Gasteiger partial charge in [0.25, 0.3) is 0 Å². The van der Waals surface area contributed by atoms with Crippen LogP contribution in [-0.4, -0.2) is 34.2 Å². The molecule has 0 fully saturated rings. The van der Waals surface area contributed by atoms with E-state index in [2.05, 4.69) is 15.0 Å². The van der Waals surface area contributed by atoms with Crippen molar-refractivity contribution in [3.63, 3.8) is 0 Å². The zero-order chi connectivity index (χ0) is 18.8. The van der Waals surface area contributed by atoms with Gasteiger partial charge in [-0.3, -0.25) is 0 Å². The molecule has 0 bridgehead atoms. The Morgan fingerprint density at radius 1 is 0.778 bits per heavy atom. The highest BCUT2D eigenvalue weighted by Gasteiger charge is 2.15. The topological polar surface area (TPSA) is 96.0 Å². The molecule has 7 nitrogen and oxygen atoms in total. The van der Waals surface area contributed by atoms with Crippen molar-refractivity contribution in [2.24, 2.45) is 0 Å². The van der Waals surface area contributed by atoms with E-state index in [1.54, 1.807) is 20.3 Å². The second kappa shape index (κ2) is 6.87. The number of benzene rings is 1. The van der Waals surface area contributed by atoms with Crippen LogP contribution in [0.1, 0.15) is 0 Å². The van der Waals surface area contributed by atoms with Crippen LogP contribution in [0.2, 0.25) is 0 Å². The third kappa shape index (κ3) is 3.10. The fraction of sp³-hybridized carbons (Fsp3) is 0.100. The van der Waals surface area contributed by atoms with Crippen molar-refractivity contribution in [1.82, 2.24) is 19.9 Å². The summed E-state index contributed by atoms with van der Waals surface area (Å²) in [5.74, 6) is 1.11. The fourth-order valence-electron chi connectivity index (χ4n) is 2.87. The molecule has 0 saturated carbocycles. The molecule has 0 radical (unpaired) electrons. The minimum atomic E-state index is 0.208. The van der Waals surface area contributed by atoms with E-state index < -0.39 is 0 Å². The Hall–Kier alpha value is -3.74. The minimum absolute atomic E-state index is 0.208. The Kier molecular flexibility index (Phi) is 4.25. The van der Waals surface area contributed by atoms with Gasteiger partial charge in [0, 0.05) is 11.6 Å². The van der Waals surface area contributed by atoms with Gasteiger partial charge in [0.05, 0.1) is 31.0 Å². The van der Waals surface area contributed by atoms with Crippen LogP contribution in [0.5, 0.6) is 11.8 Å². The Morgan fingerprint density at radius 2 is 1.59 bits per heavy atom. The lowest BCUT2D eigenvalue weighted by Gasteiger charge is -2.11. The van der Waals surface area contributed by atoms with Crippen molar-refractivity contribution in [1.29, 1.82) is 0 Å². The van der Waals surface area contributed by atoms with Crippen LogP contribution < -0.4 is 15.2 Å². The smallest absolute Gasteiger partial charge is 0.225 e. The van der Waals surface area contributed by atoms with E-state index >= 15 is 0 Å². The number of anilines is 1. The molecule has 0 amide bonds. The number of aromatic nitrogens is 4. The van der Waals surface area contributed by atoms with Gasteiger partial charge in [-0.1, -0.05) is 30.3 Å². The van der Waals surface area contributed by atoms with Gasteiger partial charge < -0.3 is 15.2 Å². The molecule has 134 valence electrons. The van der Waals surface area contributed by atoms with E-state index in [0.29, 0.717) is 34.2 Å². The zero-order valence-corrected chi connectivity index (χ0v) is 14.9. The van der Waals surface area contributed by atoms with Gasteiger partial charge in [-0.15, -0.1) is 0 Å². The molecular weight excluding hydrogens is 342 g/mol. The zero-order valence-electron chi connectivity index (χ0n) is 14.9. The van der Waals surface area contributed by atoms with Crippen LogP contribution >= 0.6 is 0 Å². The van der Waals surface area contributed by atoms with Crippen molar-refractivity contribution in [3.8, 4) is 34.3 Å². The Labute approximate surface area is 155 Å². The highest BCUT2D eigenvalue weighted by molar-refractivity contribution is 5.91. The molecule has 2 N–H and O–H groups in total. The molecule has 1 aromatic carbocycles. The van der Waals surface area contributed by atoms with Gasteiger partial charge >= 0.3 is 0 Å². The van der Waals surface area contributed by atoms with Gasteiger partial charge in [-0.25, -0.2) is 15.0 Å². The molecule has 0 spiro atoms. The van der Waals surface area contributed by atoms with E-state index in [9.17, 15) is 0 Å². The number of rotatable bonds is 4. The molecular formula is C20H17N5O2. The van der Waals surface area contributed by atoms with Crippen LogP contribution in [0.25, 0.3) is 33.5 Å². The molecule has 0 aliphatic rings. The fourth-order valence-corrected chi connectivity index (χ4v) is 2.87. The maximum absolute atomic E-state index is 5.89. The minimum Gasteiger partial charge on any atom is -0.481 e. The molecule has 3 heterocycles. The van der Waals surface area contributed by atoms with Gasteiger partial charge in [-0.05, 0) is 18.2 Å². The summed E-state index contributed by atoms with van der Waals surface area (Å²) in [6.07, 6.45) is 0. The van der Waals surface area contributed by atoms with Crippen LogP contribution in [0, 0.1) is 0 Å². The lowest BCUT2D eigenvalue weighted by molar-refractivity contribution is 0.366. The average molecular weight is 359 g/mol. The standard InChI is InChI=1S/C20H17N5O2/c1-26-16-11-8-13(19(24-16)27-2)14-9-10-15-18(22-14)17(25-20(21)23-15)12-6-4-3-5-7-12/h3-11H,1-2H3,(H2,21,23,25). The molecule has 7 heteroatoms. The normalized spacial score (nSPS) is 10.7. The molecule has 27 heavy (non-hydrogen) atoms. The molecule has 0 aliphatic carbocycles. The predicted molar refractivity (Wildman–Crippen MR) is 104 cm³/mol. The first-order valence-corrected chi connectivity index (χ1v) is 8.28. The highest BCUT2D eigenvalue weighted by atomic mass is 16.5. The van der Waals surface area contributed by atoms with Crippen molar-refractivity contribution in [2.75, 3.05) is 20.0 Å². The summed E-state index contributed by atoms with van der Waals surface area (Å²) in [5, 5.41) is 0. The number of nitrogens with two attached hydrogens (primary N) is 1. The van der Waals surface area contributed by atoms with Gasteiger partial charge in [0.15, 0.2) is 0 Å². The number of hydrogen-bond donors (Lipinski definition) is 1. The Morgan fingerprint density at radius 3 is 2.33 bits per heavy atom. The molecule has 0 unspecified atom stereocenters. The van der Waals surface area contributed by atoms with Crippen LogP contribution in [-0.2, 0) is 0 Å². The quantitative estimate of drug-likeness (QED) is 0.597. The van der Waals surface area contributed by atoms with Crippen molar-refractivity contribution >= 4 is 17.0 Å². The monoisotopic (exact) mass is 359 g/mol. The molecule has 4 aromatic rings. The number of fused-ring (bicyclic) bond motifs is 1. The first-order valence-electron chi connectivity index (χ1n) is 8.28. The number of nitrogen functional groups attached to an aromatic ring is 1. The predicted octanol–water partition coefficient (Wildman–Crippen LogP) is 3.35. The van der Waals surface area contributed by atoms with Crippen molar-refractivity contribution in [2.45, 2.75) is 0 Å². The van der Waals surface area contributed by atoms with E-state index in [1.165, 1.54) is 0 Å². The Bertz CT molecular complexity index is 1120. The van der Waals surface area contributed by atoms with Crippen LogP contribution in [0.4, 0.5) is 5.95 Å².